The Morgan fingerprint density at radius 3 is 2.80 bits per heavy atom. The number of hydrogen-bond acceptors (Lipinski definition) is 2. The molecule has 15 heavy (non-hydrogen) atoms. The molecule has 0 atom stereocenters. The van der Waals surface area contributed by atoms with Gasteiger partial charge in [0.1, 0.15) is 5.75 Å². The number of carbonyl (C=O) groups is 1. The molecule has 0 aliphatic rings. The Kier molecular flexibility index (Phi) is 3.93. The normalized spacial score (nSPS) is 9.40. The minimum Gasteiger partial charge on any atom is -0.492 e. The van der Waals surface area contributed by atoms with Crippen LogP contribution in [0.5, 0.6) is 5.75 Å². The predicted octanol–water partition coefficient (Wildman–Crippen LogP) is 2.60. The van der Waals surface area contributed by atoms with Crippen LogP contribution in [-0.2, 0) is 0 Å². The highest BCUT2D eigenvalue weighted by molar-refractivity contribution is 5.94. The fourth-order valence-corrected chi connectivity index (χ4v) is 1.25. The van der Waals surface area contributed by atoms with Crippen LogP contribution < -0.4 is 4.74 Å². The smallest absolute Gasteiger partial charge is 0.159 e. The summed E-state index contributed by atoms with van der Waals surface area (Å²) in [6.45, 7) is 3.97. The van der Waals surface area contributed by atoms with Crippen molar-refractivity contribution in [2.45, 2.75) is 20.3 Å². The van der Waals surface area contributed by atoms with Gasteiger partial charge < -0.3 is 4.74 Å². The monoisotopic (exact) mass is 202 g/mol. The van der Waals surface area contributed by atoms with Crippen LogP contribution in [0.25, 0.3) is 0 Å². The van der Waals surface area contributed by atoms with Gasteiger partial charge in [0.25, 0.3) is 0 Å². The number of hydrogen-bond donors (Lipinski definition) is 0. The topological polar surface area (TPSA) is 26.3 Å². The van der Waals surface area contributed by atoms with Crippen molar-refractivity contribution in [1.29, 1.82) is 0 Å². The highest BCUT2D eigenvalue weighted by atomic mass is 16.5. The van der Waals surface area contributed by atoms with Crippen LogP contribution in [0.2, 0.25) is 0 Å². The van der Waals surface area contributed by atoms with Crippen molar-refractivity contribution >= 4 is 5.78 Å². The standard InChI is InChI=1S/C13H14O2/c1-4-5-8-15-13-7-6-12(11(3)14)9-10(13)2/h1,6-7,9H,5,8H2,2-3H3. The quantitative estimate of drug-likeness (QED) is 0.426. The molecule has 0 amide bonds. The molecule has 1 aromatic carbocycles. The Hall–Kier alpha value is -1.75. The van der Waals surface area contributed by atoms with Gasteiger partial charge in [0, 0.05) is 12.0 Å². The molecule has 78 valence electrons. The third kappa shape index (κ3) is 3.14. The molecule has 0 spiro atoms. The molecule has 0 N–H and O–H groups in total. The number of rotatable bonds is 4. The first-order valence-electron chi connectivity index (χ1n) is 4.83. The van der Waals surface area contributed by atoms with Gasteiger partial charge in [-0.1, -0.05) is 0 Å². The number of benzene rings is 1. The summed E-state index contributed by atoms with van der Waals surface area (Å²) in [5.74, 6) is 3.36. The van der Waals surface area contributed by atoms with Gasteiger partial charge in [-0.3, -0.25) is 4.79 Å². The van der Waals surface area contributed by atoms with Crippen LogP contribution in [0.3, 0.4) is 0 Å². The molecule has 1 rings (SSSR count). The third-order valence-electron chi connectivity index (χ3n) is 2.09. The number of Topliss-reactive ketones (excluding diaryl/α,β-unsaturated/α-hetero) is 1. The van der Waals surface area contributed by atoms with E-state index < -0.39 is 0 Å². The first-order chi connectivity index (χ1) is 7.15. The lowest BCUT2D eigenvalue weighted by atomic mass is 10.1. The second-order valence-electron chi connectivity index (χ2n) is 3.34. The van der Waals surface area contributed by atoms with Crippen molar-refractivity contribution in [3.05, 3.63) is 29.3 Å². The lowest BCUT2D eigenvalue weighted by Gasteiger charge is -2.08. The van der Waals surface area contributed by atoms with Gasteiger partial charge in [-0.15, -0.1) is 12.3 Å². The van der Waals surface area contributed by atoms with Gasteiger partial charge in [0.15, 0.2) is 5.78 Å². The van der Waals surface area contributed by atoms with E-state index in [0.717, 1.165) is 11.3 Å². The van der Waals surface area contributed by atoms with Crippen LogP contribution in [0.15, 0.2) is 18.2 Å². The SMILES string of the molecule is C#CCCOc1ccc(C(C)=O)cc1C. The molecule has 0 aliphatic heterocycles. The van der Waals surface area contributed by atoms with Crippen LogP contribution in [-0.4, -0.2) is 12.4 Å². The first kappa shape index (κ1) is 11.3. The Labute approximate surface area is 90.3 Å². The van der Waals surface area contributed by atoms with E-state index in [4.69, 9.17) is 11.2 Å². The van der Waals surface area contributed by atoms with E-state index in [2.05, 4.69) is 5.92 Å². The van der Waals surface area contributed by atoms with Crippen molar-refractivity contribution in [3.63, 3.8) is 0 Å². The zero-order valence-electron chi connectivity index (χ0n) is 9.04. The van der Waals surface area contributed by atoms with E-state index >= 15 is 0 Å². The molecule has 0 aromatic heterocycles. The Morgan fingerprint density at radius 1 is 1.53 bits per heavy atom. The molecule has 0 saturated heterocycles. The lowest BCUT2D eigenvalue weighted by Crippen LogP contribution is -1.99. The molecule has 0 heterocycles. The van der Waals surface area contributed by atoms with Crippen LogP contribution in [0.1, 0.15) is 29.3 Å². The second kappa shape index (κ2) is 5.21. The zero-order chi connectivity index (χ0) is 11.3. The number of ketones is 1. The molecule has 0 saturated carbocycles. The minimum atomic E-state index is 0.0632. The molecular formula is C13H14O2. The summed E-state index contributed by atoms with van der Waals surface area (Å²) in [5, 5.41) is 0. The van der Waals surface area contributed by atoms with Crippen LogP contribution in [0, 0.1) is 19.3 Å². The lowest BCUT2D eigenvalue weighted by molar-refractivity contribution is 0.101. The van der Waals surface area contributed by atoms with Crippen molar-refractivity contribution in [2.24, 2.45) is 0 Å². The van der Waals surface area contributed by atoms with Gasteiger partial charge in [0.05, 0.1) is 6.61 Å². The molecule has 2 nitrogen and oxygen atoms in total. The average Bonchev–Trinajstić information content (AvgIpc) is 2.20. The summed E-state index contributed by atoms with van der Waals surface area (Å²) >= 11 is 0. The van der Waals surface area contributed by atoms with E-state index in [-0.39, 0.29) is 5.78 Å². The van der Waals surface area contributed by atoms with Gasteiger partial charge in [-0.25, -0.2) is 0 Å². The van der Waals surface area contributed by atoms with Gasteiger partial charge in [-0.05, 0) is 37.6 Å². The zero-order valence-corrected chi connectivity index (χ0v) is 9.04. The fourth-order valence-electron chi connectivity index (χ4n) is 1.25. The maximum atomic E-state index is 11.1. The highest BCUT2D eigenvalue weighted by Crippen LogP contribution is 2.19. The molecule has 0 radical (unpaired) electrons. The van der Waals surface area contributed by atoms with Crippen molar-refractivity contribution in [1.82, 2.24) is 0 Å². The van der Waals surface area contributed by atoms with Crippen molar-refractivity contribution < 1.29 is 9.53 Å². The molecular weight excluding hydrogens is 188 g/mol. The van der Waals surface area contributed by atoms with Crippen LogP contribution >= 0.6 is 0 Å². The Morgan fingerprint density at radius 2 is 2.27 bits per heavy atom. The highest BCUT2D eigenvalue weighted by Gasteiger charge is 2.03. The summed E-state index contributed by atoms with van der Waals surface area (Å²) in [5.41, 5.74) is 1.66. The third-order valence-corrected chi connectivity index (χ3v) is 2.09. The first-order valence-corrected chi connectivity index (χ1v) is 4.83. The summed E-state index contributed by atoms with van der Waals surface area (Å²) in [7, 11) is 0. The number of aryl methyl sites for hydroxylation is 1. The second-order valence-corrected chi connectivity index (χ2v) is 3.34. The minimum absolute atomic E-state index is 0.0632. The number of ether oxygens (including phenoxy) is 1. The predicted molar refractivity (Wildman–Crippen MR) is 60.1 cm³/mol. The number of carbonyl (C=O) groups excluding carboxylic acids is 1. The Bertz CT molecular complexity index is 399. The summed E-state index contributed by atoms with van der Waals surface area (Å²) in [6.07, 6.45) is 5.71. The molecule has 0 fully saturated rings. The van der Waals surface area contributed by atoms with Crippen molar-refractivity contribution in [3.8, 4) is 18.1 Å². The Balaban J connectivity index is 2.76. The fraction of sp³-hybridized carbons (Fsp3) is 0.308. The largest absolute Gasteiger partial charge is 0.492 e. The molecule has 0 unspecified atom stereocenters. The van der Waals surface area contributed by atoms with Crippen molar-refractivity contribution in [2.75, 3.05) is 6.61 Å². The van der Waals surface area contributed by atoms with Gasteiger partial charge >= 0.3 is 0 Å². The molecule has 1 aromatic rings. The van der Waals surface area contributed by atoms with Gasteiger partial charge in [0.2, 0.25) is 0 Å². The maximum Gasteiger partial charge on any atom is 0.159 e. The summed E-state index contributed by atoms with van der Waals surface area (Å²) < 4.78 is 5.46. The van der Waals surface area contributed by atoms with E-state index in [1.165, 1.54) is 0 Å². The number of terminal acetylenes is 1. The van der Waals surface area contributed by atoms with E-state index in [9.17, 15) is 4.79 Å². The average molecular weight is 202 g/mol. The molecule has 0 bridgehead atoms. The maximum absolute atomic E-state index is 11.1. The molecule has 0 aliphatic carbocycles. The molecule has 2 heteroatoms. The van der Waals surface area contributed by atoms with Gasteiger partial charge in [-0.2, -0.15) is 0 Å². The van der Waals surface area contributed by atoms with E-state index in [1.807, 2.05) is 19.1 Å². The summed E-state index contributed by atoms with van der Waals surface area (Å²) in [4.78, 5) is 11.1. The van der Waals surface area contributed by atoms with E-state index in [0.29, 0.717) is 18.6 Å². The van der Waals surface area contributed by atoms with E-state index in [1.54, 1.807) is 13.0 Å². The van der Waals surface area contributed by atoms with Crippen LogP contribution in [0.4, 0.5) is 0 Å². The summed E-state index contributed by atoms with van der Waals surface area (Å²) in [6, 6.07) is 5.40.